The van der Waals surface area contributed by atoms with Crippen LogP contribution in [0.25, 0.3) is 0 Å². The van der Waals surface area contributed by atoms with Crippen LogP contribution in [0.5, 0.6) is 0 Å². The van der Waals surface area contributed by atoms with Crippen LogP contribution in [0, 0.1) is 0 Å². The SMILES string of the molecule is O=C(CN[C@H]1C[C@H](C(=O)O)Nc2cc(Cl)cc(Cl)c21)Nc1ccccc1. The molecule has 0 spiro atoms. The van der Waals surface area contributed by atoms with Gasteiger partial charge in [0.25, 0.3) is 0 Å². The molecule has 8 heteroatoms. The number of aliphatic carboxylic acids is 1. The molecule has 1 aliphatic rings. The maximum Gasteiger partial charge on any atom is 0.326 e. The first-order valence-corrected chi connectivity index (χ1v) is 8.76. The predicted molar refractivity (Wildman–Crippen MR) is 102 cm³/mol. The lowest BCUT2D eigenvalue weighted by molar-refractivity contribution is -0.138. The van der Waals surface area contributed by atoms with Crippen molar-refractivity contribution in [1.29, 1.82) is 0 Å². The van der Waals surface area contributed by atoms with Crippen LogP contribution in [-0.2, 0) is 9.59 Å². The second-order valence-corrected chi connectivity index (χ2v) is 6.81. The zero-order chi connectivity index (χ0) is 18.7. The monoisotopic (exact) mass is 393 g/mol. The maximum atomic E-state index is 12.2. The van der Waals surface area contributed by atoms with Gasteiger partial charge in [0.2, 0.25) is 5.91 Å². The van der Waals surface area contributed by atoms with Crippen molar-refractivity contribution in [3.63, 3.8) is 0 Å². The number of carboxylic acids is 1. The molecule has 0 aromatic heterocycles. The number of rotatable bonds is 5. The van der Waals surface area contributed by atoms with Crippen LogP contribution in [0.1, 0.15) is 18.0 Å². The van der Waals surface area contributed by atoms with E-state index in [2.05, 4.69) is 16.0 Å². The molecule has 2 atom stereocenters. The van der Waals surface area contributed by atoms with Crippen LogP contribution >= 0.6 is 23.2 Å². The molecule has 2 aromatic carbocycles. The summed E-state index contributed by atoms with van der Waals surface area (Å²) in [5.74, 6) is -1.21. The van der Waals surface area contributed by atoms with Crippen LogP contribution < -0.4 is 16.0 Å². The van der Waals surface area contributed by atoms with Gasteiger partial charge in [-0.3, -0.25) is 4.79 Å². The summed E-state index contributed by atoms with van der Waals surface area (Å²) < 4.78 is 0. The topological polar surface area (TPSA) is 90.5 Å². The third-order valence-corrected chi connectivity index (χ3v) is 4.64. The van der Waals surface area contributed by atoms with Gasteiger partial charge < -0.3 is 21.1 Å². The van der Waals surface area contributed by atoms with E-state index in [1.807, 2.05) is 18.2 Å². The van der Waals surface area contributed by atoms with E-state index >= 15 is 0 Å². The van der Waals surface area contributed by atoms with Crippen molar-refractivity contribution in [2.45, 2.75) is 18.5 Å². The Kier molecular flexibility index (Phi) is 5.66. The molecule has 0 radical (unpaired) electrons. The largest absolute Gasteiger partial charge is 0.480 e. The first-order valence-electron chi connectivity index (χ1n) is 8.00. The number of halogens is 2. The van der Waals surface area contributed by atoms with Gasteiger partial charge in [-0.2, -0.15) is 0 Å². The zero-order valence-electron chi connectivity index (χ0n) is 13.6. The standard InChI is InChI=1S/C18H17Cl2N3O3/c19-10-6-12(20)17-13(8-15(18(25)26)23-14(17)7-10)21-9-16(24)22-11-4-2-1-3-5-11/h1-7,13,15,21,23H,8-9H2,(H,22,24)(H,25,26)/t13-,15+/m0/s1. The lowest BCUT2D eigenvalue weighted by Crippen LogP contribution is -2.41. The van der Waals surface area contributed by atoms with Gasteiger partial charge in [0.15, 0.2) is 0 Å². The number of hydrogen-bond donors (Lipinski definition) is 4. The van der Waals surface area contributed by atoms with Gasteiger partial charge in [-0.25, -0.2) is 4.79 Å². The number of hydrogen-bond acceptors (Lipinski definition) is 4. The Balaban J connectivity index is 1.74. The van der Waals surface area contributed by atoms with Crippen LogP contribution in [0.4, 0.5) is 11.4 Å². The fraction of sp³-hybridized carbons (Fsp3) is 0.222. The molecule has 1 amide bonds. The van der Waals surface area contributed by atoms with Crippen LogP contribution in [0.3, 0.4) is 0 Å². The second-order valence-electron chi connectivity index (χ2n) is 5.97. The molecular formula is C18H17Cl2N3O3. The molecule has 1 aliphatic heterocycles. The average molecular weight is 394 g/mol. The Hall–Kier alpha value is -2.28. The summed E-state index contributed by atoms with van der Waals surface area (Å²) in [7, 11) is 0. The van der Waals surface area contributed by atoms with Gasteiger partial charge in [-0.15, -0.1) is 0 Å². The molecule has 6 nitrogen and oxygen atoms in total. The summed E-state index contributed by atoms with van der Waals surface area (Å²) >= 11 is 12.3. The van der Waals surface area contributed by atoms with E-state index in [9.17, 15) is 14.7 Å². The number of carboxylic acid groups (broad SMARTS) is 1. The quantitative estimate of drug-likeness (QED) is 0.623. The highest BCUT2D eigenvalue weighted by Crippen LogP contribution is 2.39. The molecule has 0 saturated heterocycles. The molecule has 0 aliphatic carbocycles. The fourth-order valence-electron chi connectivity index (χ4n) is 2.95. The predicted octanol–water partition coefficient (Wildman–Crippen LogP) is 3.53. The molecule has 136 valence electrons. The van der Waals surface area contributed by atoms with Crippen molar-refractivity contribution in [2.75, 3.05) is 17.2 Å². The molecule has 0 fully saturated rings. The van der Waals surface area contributed by atoms with E-state index in [4.69, 9.17) is 23.2 Å². The first-order chi connectivity index (χ1) is 12.4. The average Bonchev–Trinajstić information content (AvgIpc) is 2.59. The van der Waals surface area contributed by atoms with Crippen molar-refractivity contribution in [1.82, 2.24) is 5.32 Å². The summed E-state index contributed by atoms with van der Waals surface area (Å²) in [6, 6.07) is 11.1. The molecule has 4 N–H and O–H groups in total. The lowest BCUT2D eigenvalue weighted by Gasteiger charge is -2.32. The highest BCUT2D eigenvalue weighted by atomic mass is 35.5. The van der Waals surface area contributed by atoms with E-state index in [0.29, 0.717) is 27.0 Å². The Bertz CT molecular complexity index is 830. The van der Waals surface area contributed by atoms with Crippen LogP contribution in [0.15, 0.2) is 42.5 Å². The minimum absolute atomic E-state index is 0.0182. The Labute approximate surface area is 160 Å². The number of benzene rings is 2. The van der Waals surface area contributed by atoms with Crippen molar-refractivity contribution in [3.8, 4) is 0 Å². The summed E-state index contributed by atoms with van der Waals surface area (Å²) in [5.41, 5.74) is 1.96. The third-order valence-electron chi connectivity index (χ3n) is 4.11. The number of para-hydroxylation sites is 1. The number of carbonyl (C=O) groups is 2. The van der Waals surface area contributed by atoms with Crippen molar-refractivity contribution < 1.29 is 14.7 Å². The molecule has 1 heterocycles. The zero-order valence-corrected chi connectivity index (χ0v) is 15.1. The minimum Gasteiger partial charge on any atom is -0.480 e. The Morgan fingerprint density at radius 3 is 2.62 bits per heavy atom. The van der Waals surface area contributed by atoms with Crippen molar-refractivity contribution in [2.24, 2.45) is 0 Å². The summed E-state index contributed by atoms with van der Waals surface area (Å²) in [6.45, 7) is 0.0182. The highest BCUT2D eigenvalue weighted by molar-refractivity contribution is 6.35. The summed E-state index contributed by atoms with van der Waals surface area (Å²) in [6.07, 6.45) is 0.252. The van der Waals surface area contributed by atoms with Gasteiger partial charge >= 0.3 is 5.97 Å². The van der Waals surface area contributed by atoms with E-state index in [-0.39, 0.29) is 18.9 Å². The molecule has 0 unspecified atom stereocenters. The first kappa shape index (κ1) is 18.5. The Morgan fingerprint density at radius 2 is 1.92 bits per heavy atom. The number of anilines is 2. The van der Waals surface area contributed by atoms with Crippen LogP contribution in [-0.4, -0.2) is 29.6 Å². The summed E-state index contributed by atoms with van der Waals surface area (Å²) in [4.78, 5) is 23.6. The van der Waals surface area contributed by atoms with Crippen molar-refractivity contribution in [3.05, 3.63) is 58.1 Å². The normalized spacial score (nSPS) is 18.5. The van der Waals surface area contributed by atoms with Gasteiger partial charge in [-0.1, -0.05) is 41.4 Å². The van der Waals surface area contributed by atoms with Gasteiger partial charge in [0, 0.05) is 33.0 Å². The van der Waals surface area contributed by atoms with Crippen molar-refractivity contribution >= 4 is 46.5 Å². The smallest absolute Gasteiger partial charge is 0.326 e. The third kappa shape index (κ3) is 4.27. The van der Waals surface area contributed by atoms with E-state index in [0.717, 1.165) is 0 Å². The molecule has 26 heavy (non-hydrogen) atoms. The fourth-order valence-corrected chi connectivity index (χ4v) is 3.57. The maximum absolute atomic E-state index is 12.2. The van der Waals surface area contributed by atoms with Crippen LogP contribution in [0.2, 0.25) is 10.0 Å². The highest BCUT2D eigenvalue weighted by Gasteiger charge is 2.32. The second kappa shape index (κ2) is 7.95. The molecule has 0 bridgehead atoms. The molecule has 3 rings (SSSR count). The van der Waals surface area contributed by atoms with Gasteiger partial charge in [-0.05, 0) is 30.7 Å². The minimum atomic E-state index is -0.979. The number of nitrogens with one attached hydrogen (secondary N) is 3. The molecular weight excluding hydrogens is 377 g/mol. The Morgan fingerprint density at radius 1 is 1.19 bits per heavy atom. The number of amides is 1. The molecule has 0 saturated carbocycles. The number of fused-ring (bicyclic) bond motifs is 1. The lowest BCUT2D eigenvalue weighted by atomic mass is 9.92. The molecule has 2 aromatic rings. The number of carbonyl (C=O) groups excluding carboxylic acids is 1. The summed E-state index contributed by atoms with van der Waals surface area (Å²) in [5, 5.41) is 19.0. The van der Waals surface area contributed by atoms with E-state index < -0.39 is 18.1 Å². The van der Waals surface area contributed by atoms with Gasteiger partial charge in [0.1, 0.15) is 6.04 Å². The van der Waals surface area contributed by atoms with E-state index in [1.165, 1.54) is 0 Å². The van der Waals surface area contributed by atoms with E-state index in [1.54, 1.807) is 24.3 Å². The van der Waals surface area contributed by atoms with Gasteiger partial charge in [0.05, 0.1) is 6.54 Å².